The van der Waals surface area contributed by atoms with Crippen LogP contribution in [0.5, 0.6) is 0 Å². The molecule has 0 saturated carbocycles. The fraction of sp³-hybridized carbons (Fsp3) is 0.421. The zero-order valence-corrected chi connectivity index (χ0v) is 15.6. The number of carbonyl (C=O) groups is 2. The van der Waals surface area contributed by atoms with Gasteiger partial charge in [0.05, 0.1) is 12.2 Å². The summed E-state index contributed by atoms with van der Waals surface area (Å²) in [5.41, 5.74) is 1.61. The van der Waals surface area contributed by atoms with E-state index in [1.54, 1.807) is 23.1 Å². The zero-order valence-electron chi connectivity index (χ0n) is 15.6. The molecule has 144 valence electrons. The second kappa shape index (κ2) is 7.38. The minimum Gasteiger partial charge on any atom is -0.444 e. The van der Waals surface area contributed by atoms with Gasteiger partial charge < -0.3 is 15.0 Å². The predicted octanol–water partition coefficient (Wildman–Crippen LogP) is 2.77. The monoisotopic (exact) mass is 374 g/mol. The SMILES string of the molecule is CC(C)(C)OC(=O)N1CCc2c(C(=O)NCc3ccccc3F)n[nH]c2C1. The van der Waals surface area contributed by atoms with Crippen molar-refractivity contribution in [2.24, 2.45) is 0 Å². The number of carbonyl (C=O) groups excluding carboxylic acids is 2. The van der Waals surface area contributed by atoms with Gasteiger partial charge in [-0.2, -0.15) is 5.10 Å². The Kier molecular flexibility index (Phi) is 5.16. The summed E-state index contributed by atoms with van der Waals surface area (Å²) in [6.45, 7) is 6.27. The smallest absolute Gasteiger partial charge is 0.410 e. The highest BCUT2D eigenvalue weighted by atomic mass is 19.1. The van der Waals surface area contributed by atoms with Crippen LogP contribution in [0.2, 0.25) is 0 Å². The van der Waals surface area contributed by atoms with Crippen LogP contribution in [-0.2, 0) is 24.2 Å². The van der Waals surface area contributed by atoms with E-state index in [1.807, 2.05) is 20.8 Å². The van der Waals surface area contributed by atoms with Crippen LogP contribution >= 0.6 is 0 Å². The van der Waals surface area contributed by atoms with Gasteiger partial charge in [0.25, 0.3) is 5.91 Å². The average molecular weight is 374 g/mol. The molecule has 27 heavy (non-hydrogen) atoms. The first-order valence-electron chi connectivity index (χ1n) is 8.80. The van der Waals surface area contributed by atoms with E-state index in [-0.39, 0.29) is 24.0 Å². The zero-order chi connectivity index (χ0) is 19.6. The van der Waals surface area contributed by atoms with E-state index in [0.717, 1.165) is 5.56 Å². The highest BCUT2D eigenvalue weighted by Gasteiger charge is 2.29. The van der Waals surface area contributed by atoms with Gasteiger partial charge in [-0.15, -0.1) is 0 Å². The molecule has 1 aliphatic rings. The topological polar surface area (TPSA) is 87.3 Å². The standard InChI is InChI=1S/C19H23FN4O3/c1-19(2,3)27-18(26)24-9-8-13-15(11-24)22-23-16(13)17(25)21-10-12-6-4-5-7-14(12)20/h4-7H,8-11H2,1-3H3,(H,21,25)(H,22,23). The summed E-state index contributed by atoms with van der Waals surface area (Å²) in [5.74, 6) is -0.740. The Hall–Kier alpha value is -2.90. The third-order valence-electron chi connectivity index (χ3n) is 4.20. The fourth-order valence-electron chi connectivity index (χ4n) is 2.89. The van der Waals surface area contributed by atoms with Gasteiger partial charge in [-0.1, -0.05) is 18.2 Å². The lowest BCUT2D eigenvalue weighted by Crippen LogP contribution is -2.40. The summed E-state index contributed by atoms with van der Waals surface area (Å²) in [5, 5.41) is 9.61. The van der Waals surface area contributed by atoms with Crippen LogP contribution in [-0.4, -0.2) is 39.2 Å². The molecule has 7 nitrogen and oxygen atoms in total. The molecule has 0 unspecified atom stereocenters. The van der Waals surface area contributed by atoms with Gasteiger partial charge in [-0.05, 0) is 33.3 Å². The summed E-state index contributed by atoms with van der Waals surface area (Å²) in [6, 6.07) is 6.28. The van der Waals surface area contributed by atoms with E-state index in [1.165, 1.54) is 6.07 Å². The minimum atomic E-state index is -0.566. The summed E-state index contributed by atoms with van der Waals surface area (Å²) in [7, 11) is 0. The second-order valence-corrected chi connectivity index (χ2v) is 7.46. The van der Waals surface area contributed by atoms with Crippen molar-refractivity contribution in [3.8, 4) is 0 Å². The second-order valence-electron chi connectivity index (χ2n) is 7.46. The largest absolute Gasteiger partial charge is 0.444 e. The van der Waals surface area contributed by atoms with E-state index < -0.39 is 11.7 Å². The lowest BCUT2D eigenvalue weighted by Gasteiger charge is -2.29. The normalized spacial score (nSPS) is 13.9. The molecular weight excluding hydrogens is 351 g/mol. The first-order chi connectivity index (χ1) is 12.7. The molecule has 0 fully saturated rings. The quantitative estimate of drug-likeness (QED) is 0.865. The van der Waals surface area contributed by atoms with Crippen molar-refractivity contribution in [1.29, 1.82) is 0 Å². The van der Waals surface area contributed by atoms with Gasteiger partial charge in [-0.25, -0.2) is 9.18 Å². The molecule has 0 radical (unpaired) electrons. The van der Waals surface area contributed by atoms with Crippen LogP contribution in [0.3, 0.4) is 0 Å². The Bertz CT molecular complexity index is 857. The molecule has 2 heterocycles. The molecule has 2 amide bonds. The Morgan fingerprint density at radius 2 is 2.07 bits per heavy atom. The molecule has 0 atom stereocenters. The number of benzene rings is 1. The Labute approximate surface area is 156 Å². The molecule has 1 aromatic heterocycles. The summed E-state index contributed by atoms with van der Waals surface area (Å²) in [6.07, 6.45) is 0.0985. The maximum atomic E-state index is 13.7. The number of aromatic nitrogens is 2. The molecule has 3 rings (SSSR count). The third-order valence-corrected chi connectivity index (χ3v) is 4.20. The number of hydrogen-bond acceptors (Lipinski definition) is 4. The van der Waals surface area contributed by atoms with Crippen molar-refractivity contribution < 1.29 is 18.7 Å². The number of amides is 2. The molecule has 2 aromatic rings. The van der Waals surface area contributed by atoms with Crippen LogP contribution in [0.25, 0.3) is 0 Å². The lowest BCUT2D eigenvalue weighted by atomic mass is 10.0. The predicted molar refractivity (Wildman–Crippen MR) is 96.5 cm³/mol. The van der Waals surface area contributed by atoms with Crippen LogP contribution in [0.4, 0.5) is 9.18 Å². The van der Waals surface area contributed by atoms with Crippen LogP contribution in [0.15, 0.2) is 24.3 Å². The fourth-order valence-corrected chi connectivity index (χ4v) is 2.89. The molecule has 0 aliphatic carbocycles. The number of H-pyrrole nitrogens is 1. The third kappa shape index (κ3) is 4.45. The Balaban J connectivity index is 1.65. The van der Waals surface area contributed by atoms with E-state index in [0.29, 0.717) is 30.8 Å². The Morgan fingerprint density at radius 1 is 1.33 bits per heavy atom. The Morgan fingerprint density at radius 3 is 2.78 bits per heavy atom. The summed E-state index contributed by atoms with van der Waals surface area (Å²) in [4.78, 5) is 26.2. The van der Waals surface area contributed by atoms with Crippen molar-refractivity contribution in [1.82, 2.24) is 20.4 Å². The van der Waals surface area contributed by atoms with Crippen molar-refractivity contribution in [2.45, 2.75) is 45.9 Å². The van der Waals surface area contributed by atoms with E-state index in [9.17, 15) is 14.0 Å². The number of nitrogens with one attached hydrogen (secondary N) is 2. The van der Waals surface area contributed by atoms with Crippen LogP contribution in [0.1, 0.15) is 48.1 Å². The molecule has 8 heteroatoms. The van der Waals surface area contributed by atoms with Gasteiger partial charge in [0, 0.05) is 24.2 Å². The van der Waals surface area contributed by atoms with Gasteiger partial charge in [-0.3, -0.25) is 9.89 Å². The maximum Gasteiger partial charge on any atom is 0.410 e. The first kappa shape index (κ1) is 18.9. The van der Waals surface area contributed by atoms with Gasteiger partial charge >= 0.3 is 6.09 Å². The molecule has 1 aliphatic heterocycles. The lowest BCUT2D eigenvalue weighted by molar-refractivity contribution is 0.0221. The summed E-state index contributed by atoms with van der Waals surface area (Å²) < 4.78 is 19.1. The number of hydrogen-bond donors (Lipinski definition) is 2. The van der Waals surface area contributed by atoms with Crippen molar-refractivity contribution in [3.63, 3.8) is 0 Å². The van der Waals surface area contributed by atoms with Crippen LogP contribution in [0, 0.1) is 5.82 Å². The van der Waals surface area contributed by atoms with Crippen LogP contribution < -0.4 is 5.32 Å². The molecule has 1 aromatic carbocycles. The summed E-state index contributed by atoms with van der Waals surface area (Å²) >= 11 is 0. The van der Waals surface area contributed by atoms with E-state index in [2.05, 4.69) is 15.5 Å². The van der Waals surface area contributed by atoms with E-state index in [4.69, 9.17) is 4.74 Å². The molecule has 0 spiro atoms. The molecule has 0 bridgehead atoms. The minimum absolute atomic E-state index is 0.0805. The van der Waals surface area contributed by atoms with Gasteiger partial charge in [0.1, 0.15) is 11.4 Å². The van der Waals surface area contributed by atoms with Gasteiger partial charge in [0.2, 0.25) is 0 Å². The number of nitrogens with zero attached hydrogens (tertiary/aromatic N) is 2. The molecule has 0 saturated heterocycles. The van der Waals surface area contributed by atoms with Gasteiger partial charge in [0.15, 0.2) is 5.69 Å². The van der Waals surface area contributed by atoms with Crippen molar-refractivity contribution in [3.05, 3.63) is 52.6 Å². The number of halogens is 1. The van der Waals surface area contributed by atoms with Crippen molar-refractivity contribution >= 4 is 12.0 Å². The number of aromatic amines is 1. The highest BCUT2D eigenvalue weighted by Crippen LogP contribution is 2.22. The molecular formula is C19H23FN4O3. The maximum absolute atomic E-state index is 13.7. The number of fused-ring (bicyclic) bond motifs is 1. The number of rotatable bonds is 3. The van der Waals surface area contributed by atoms with E-state index >= 15 is 0 Å². The first-order valence-corrected chi connectivity index (χ1v) is 8.80. The average Bonchev–Trinajstić information content (AvgIpc) is 3.02. The molecule has 2 N–H and O–H groups in total. The highest BCUT2D eigenvalue weighted by molar-refractivity contribution is 5.94. The number of ether oxygens (including phenoxy) is 1. The van der Waals surface area contributed by atoms with Crippen molar-refractivity contribution in [2.75, 3.05) is 6.54 Å².